The summed E-state index contributed by atoms with van der Waals surface area (Å²) in [6.07, 6.45) is 4.35. The van der Waals surface area contributed by atoms with Crippen LogP contribution in [0.4, 0.5) is 0 Å². The second kappa shape index (κ2) is 1.51. The van der Waals surface area contributed by atoms with Crippen LogP contribution >= 0.6 is 0 Å². The fraction of sp³-hybridized carbons (Fsp3) is 1.00. The molecule has 0 radical (unpaired) electrons. The van der Waals surface area contributed by atoms with Crippen molar-refractivity contribution >= 4 is 0 Å². The molecule has 1 spiro atoms. The number of nitrogens with zero attached hydrogens (tertiary/aromatic N) is 1. The number of rotatable bonds is 1. The predicted octanol–water partition coefficient (Wildman–Crippen LogP) is 1.49. The molecular weight excluding hydrogens is 110 g/mol. The molecule has 2 rings (SSSR count). The molecule has 1 nitrogen and oxygen atoms in total. The minimum atomic E-state index is 0.731. The van der Waals surface area contributed by atoms with Gasteiger partial charge in [-0.15, -0.1) is 0 Å². The zero-order valence-electron chi connectivity index (χ0n) is 6.35. The summed E-state index contributed by atoms with van der Waals surface area (Å²) in [5, 5.41) is 0. The van der Waals surface area contributed by atoms with Gasteiger partial charge in [-0.3, -0.25) is 0 Å². The molecule has 2 aliphatic rings. The van der Waals surface area contributed by atoms with Crippen LogP contribution in [0.5, 0.6) is 0 Å². The van der Waals surface area contributed by atoms with Crippen molar-refractivity contribution in [2.75, 3.05) is 13.6 Å². The van der Waals surface area contributed by atoms with E-state index in [1.54, 1.807) is 0 Å². The average Bonchev–Trinajstić information content (AvgIpc) is 2.61. The van der Waals surface area contributed by atoms with Crippen molar-refractivity contribution in [3.63, 3.8) is 0 Å². The maximum absolute atomic E-state index is 2.53. The van der Waals surface area contributed by atoms with Crippen LogP contribution in [0.25, 0.3) is 0 Å². The standard InChI is InChI=1S/C8H15N/c1-3-7-6-8(7)4-5-9(8)2/h7H,3-6H2,1-2H3. The quantitative estimate of drug-likeness (QED) is 0.513. The maximum Gasteiger partial charge on any atom is 0.0250 e. The van der Waals surface area contributed by atoms with Crippen molar-refractivity contribution in [1.82, 2.24) is 4.90 Å². The molecule has 1 saturated carbocycles. The molecule has 0 bridgehead atoms. The first-order valence-corrected chi connectivity index (χ1v) is 4.01. The van der Waals surface area contributed by atoms with Gasteiger partial charge in [-0.2, -0.15) is 0 Å². The van der Waals surface area contributed by atoms with Gasteiger partial charge in [0.1, 0.15) is 0 Å². The van der Waals surface area contributed by atoms with Gasteiger partial charge < -0.3 is 4.90 Å². The van der Waals surface area contributed by atoms with Crippen molar-refractivity contribution in [1.29, 1.82) is 0 Å². The van der Waals surface area contributed by atoms with E-state index in [2.05, 4.69) is 18.9 Å². The van der Waals surface area contributed by atoms with Crippen molar-refractivity contribution < 1.29 is 0 Å². The summed E-state index contributed by atoms with van der Waals surface area (Å²) >= 11 is 0. The molecular formula is C8H15N. The van der Waals surface area contributed by atoms with Crippen molar-refractivity contribution in [2.45, 2.75) is 31.7 Å². The normalized spacial score (nSPS) is 49.3. The third kappa shape index (κ3) is 0.536. The van der Waals surface area contributed by atoms with Gasteiger partial charge in [-0.05, 0) is 25.8 Å². The van der Waals surface area contributed by atoms with Gasteiger partial charge in [0, 0.05) is 12.1 Å². The minimum Gasteiger partial charge on any atom is -0.300 e. The summed E-state index contributed by atoms with van der Waals surface area (Å²) < 4.78 is 0. The van der Waals surface area contributed by atoms with E-state index in [-0.39, 0.29) is 0 Å². The Hall–Kier alpha value is -0.0400. The molecule has 1 aliphatic heterocycles. The SMILES string of the molecule is CCC1CC12CCN2C. The molecule has 1 heterocycles. The van der Waals surface area contributed by atoms with Crippen LogP contribution in [0.1, 0.15) is 26.2 Å². The second-order valence-electron chi connectivity index (χ2n) is 3.58. The molecule has 2 atom stereocenters. The van der Waals surface area contributed by atoms with E-state index < -0.39 is 0 Å². The molecule has 0 aromatic carbocycles. The lowest BCUT2D eigenvalue weighted by molar-refractivity contribution is 0.0878. The molecule has 52 valence electrons. The van der Waals surface area contributed by atoms with Gasteiger partial charge in [0.2, 0.25) is 0 Å². The first-order chi connectivity index (χ1) is 4.29. The summed E-state index contributed by atoms with van der Waals surface area (Å²) in [4.78, 5) is 2.53. The first-order valence-electron chi connectivity index (χ1n) is 4.01. The fourth-order valence-electron chi connectivity index (χ4n) is 2.29. The lowest BCUT2D eigenvalue weighted by Crippen LogP contribution is -2.48. The van der Waals surface area contributed by atoms with E-state index in [1.807, 2.05) is 0 Å². The van der Waals surface area contributed by atoms with Crippen LogP contribution in [0.2, 0.25) is 0 Å². The second-order valence-corrected chi connectivity index (χ2v) is 3.58. The Kier molecular flexibility index (Phi) is 0.963. The van der Waals surface area contributed by atoms with Gasteiger partial charge in [0.15, 0.2) is 0 Å². The number of hydrogen-bond donors (Lipinski definition) is 0. The topological polar surface area (TPSA) is 3.24 Å². The third-order valence-corrected chi connectivity index (χ3v) is 3.33. The summed E-state index contributed by atoms with van der Waals surface area (Å²) in [5.41, 5.74) is 0.731. The van der Waals surface area contributed by atoms with Gasteiger partial charge in [0.25, 0.3) is 0 Å². The van der Waals surface area contributed by atoms with Gasteiger partial charge >= 0.3 is 0 Å². The Labute approximate surface area is 57.0 Å². The third-order valence-electron chi connectivity index (χ3n) is 3.33. The van der Waals surface area contributed by atoms with Crippen molar-refractivity contribution in [3.8, 4) is 0 Å². The molecule has 0 aromatic rings. The molecule has 0 N–H and O–H groups in total. The molecule has 1 aliphatic carbocycles. The van der Waals surface area contributed by atoms with Gasteiger partial charge in [-0.1, -0.05) is 13.3 Å². The molecule has 1 heteroatoms. The highest BCUT2D eigenvalue weighted by Crippen LogP contribution is 2.57. The Balaban J connectivity index is 1.98. The number of likely N-dealkylation sites (tertiary alicyclic amines) is 1. The Morgan fingerprint density at radius 3 is 2.56 bits per heavy atom. The Bertz CT molecular complexity index is 133. The smallest absolute Gasteiger partial charge is 0.0250 e. The van der Waals surface area contributed by atoms with Crippen LogP contribution in [-0.2, 0) is 0 Å². The zero-order chi connectivity index (χ0) is 6.48. The molecule has 2 unspecified atom stereocenters. The highest BCUT2D eigenvalue weighted by Gasteiger charge is 2.60. The van der Waals surface area contributed by atoms with Crippen LogP contribution in [0, 0.1) is 5.92 Å². The lowest BCUT2D eigenvalue weighted by Gasteiger charge is -2.40. The monoisotopic (exact) mass is 125 g/mol. The fourth-order valence-corrected chi connectivity index (χ4v) is 2.29. The van der Waals surface area contributed by atoms with E-state index >= 15 is 0 Å². The number of hydrogen-bond acceptors (Lipinski definition) is 1. The Morgan fingerprint density at radius 2 is 2.44 bits per heavy atom. The van der Waals surface area contributed by atoms with Gasteiger partial charge in [0.05, 0.1) is 0 Å². The van der Waals surface area contributed by atoms with E-state index in [1.165, 1.54) is 25.8 Å². The van der Waals surface area contributed by atoms with E-state index in [0.717, 1.165) is 11.5 Å². The van der Waals surface area contributed by atoms with E-state index in [0.29, 0.717) is 0 Å². The molecule has 0 amide bonds. The van der Waals surface area contributed by atoms with Crippen LogP contribution in [-0.4, -0.2) is 24.0 Å². The van der Waals surface area contributed by atoms with Crippen molar-refractivity contribution in [2.24, 2.45) is 5.92 Å². The minimum absolute atomic E-state index is 0.731. The highest BCUT2D eigenvalue weighted by atomic mass is 15.3. The van der Waals surface area contributed by atoms with Crippen LogP contribution in [0.3, 0.4) is 0 Å². The lowest BCUT2D eigenvalue weighted by atomic mass is 9.98. The summed E-state index contributed by atoms with van der Waals surface area (Å²) in [5.74, 6) is 1.05. The Morgan fingerprint density at radius 1 is 1.67 bits per heavy atom. The molecule has 0 aromatic heterocycles. The summed E-state index contributed by atoms with van der Waals surface area (Å²) in [6, 6.07) is 0. The van der Waals surface area contributed by atoms with E-state index in [9.17, 15) is 0 Å². The van der Waals surface area contributed by atoms with E-state index in [4.69, 9.17) is 0 Å². The van der Waals surface area contributed by atoms with Crippen LogP contribution in [0.15, 0.2) is 0 Å². The summed E-state index contributed by atoms with van der Waals surface area (Å²) in [7, 11) is 2.26. The zero-order valence-corrected chi connectivity index (χ0v) is 6.35. The largest absolute Gasteiger partial charge is 0.300 e. The summed E-state index contributed by atoms with van der Waals surface area (Å²) in [6.45, 7) is 3.65. The predicted molar refractivity (Wildman–Crippen MR) is 38.4 cm³/mol. The maximum atomic E-state index is 2.53. The molecule has 1 saturated heterocycles. The van der Waals surface area contributed by atoms with Gasteiger partial charge in [-0.25, -0.2) is 0 Å². The molecule has 9 heavy (non-hydrogen) atoms. The first kappa shape index (κ1) is 5.72. The molecule has 2 fully saturated rings. The average molecular weight is 125 g/mol. The van der Waals surface area contributed by atoms with Crippen LogP contribution < -0.4 is 0 Å². The highest BCUT2D eigenvalue weighted by molar-refractivity contribution is 5.15. The van der Waals surface area contributed by atoms with Crippen molar-refractivity contribution in [3.05, 3.63) is 0 Å².